The minimum Gasteiger partial charge on any atom is -0.480 e. The molecule has 21 heavy (non-hydrogen) atoms. The maximum Gasteiger partial charge on any atom is 0.317 e. The van der Waals surface area contributed by atoms with E-state index >= 15 is 0 Å². The lowest BCUT2D eigenvalue weighted by Crippen LogP contribution is -2.42. The molecule has 112 valence electrons. The van der Waals surface area contributed by atoms with Gasteiger partial charge in [0.15, 0.2) is 0 Å². The number of carbonyl (C=O) groups excluding carboxylic acids is 1. The van der Waals surface area contributed by atoms with E-state index in [0.717, 1.165) is 11.3 Å². The molecule has 0 bridgehead atoms. The van der Waals surface area contributed by atoms with Crippen molar-refractivity contribution >= 4 is 17.6 Å². The van der Waals surface area contributed by atoms with Crippen molar-refractivity contribution in [3.8, 4) is 12.3 Å². The van der Waals surface area contributed by atoms with Crippen molar-refractivity contribution in [1.82, 2.24) is 4.90 Å². The van der Waals surface area contributed by atoms with E-state index in [9.17, 15) is 9.59 Å². The van der Waals surface area contributed by atoms with E-state index in [1.165, 1.54) is 4.90 Å². The molecule has 0 spiro atoms. The molecule has 5 nitrogen and oxygen atoms in total. The highest BCUT2D eigenvalue weighted by Gasteiger charge is 2.19. The molecule has 0 saturated heterocycles. The molecule has 1 N–H and O–H groups in total. The minimum absolute atomic E-state index is 0.0152. The predicted molar refractivity (Wildman–Crippen MR) is 82.1 cm³/mol. The molecule has 0 saturated carbocycles. The Morgan fingerprint density at radius 1 is 1.29 bits per heavy atom. The van der Waals surface area contributed by atoms with E-state index < -0.39 is 5.97 Å². The minimum atomic E-state index is -1.00. The summed E-state index contributed by atoms with van der Waals surface area (Å²) in [6.07, 6.45) is 5.22. The quantitative estimate of drug-likeness (QED) is 0.770. The van der Waals surface area contributed by atoms with Gasteiger partial charge in [0.2, 0.25) is 5.91 Å². The van der Waals surface area contributed by atoms with Gasteiger partial charge in [0.1, 0.15) is 0 Å². The number of benzene rings is 1. The van der Waals surface area contributed by atoms with Crippen LogP contribution in [0.25, 0.3) is 0 Å². The van der Waals surface area contributed by atoms with Crippen molar-refractivity contribution in [2.24, 2.45) is 0 Å². The Kier molecular flexibility index (Phi) is 6.44. The number of aliphatic carboxylic acids is 1. The number of nitrogens with zero attached hydrogens (tertiary/aromatic N) is 2. The third kappa shape index (κ3) is 4.93. The van der Waals surface area contributed by atoms with Crippen molar-refractivity contribution in [2.45, 2.75) is 13.8 Å². The van der Waals surface area contributed by atoms with Crippen LogP contribution in [0.2, 0.25) is 0 Å². The summed E-state index contributed by atoms with van der Waals surface area (Å²) in [4.78, 5) is 26.3. The number of anilines is 1. The number of terminal acetylenes is 1. The molecule has 0 aliphatic rings. The number of carboxylic acid groups (broad SMARTS) is 1. The zero-order chi connectivity index (χ0) is 15.8. The highest BCUT2D eigenvalue weighted by molar-refractivity contribution is 5.95. The molecule has 0 aromatic heterocycles. The van der Waals surface area contributed by atoms with E-state index in [-0.39, 0.29) is 25.5 Å². The number of hydrogen-bond donors (Lipinski definition) is 1. The van der Waals surface area contributed by atoms with Crippen LogP contribution in [0.5, 0.6) is 0 Å². The number of amides is 1. The van der Waals surface area contributed by atoms with Crippen molar-refractivity contribution < 1.29 is 14.7 Å². The summed E-state index contributed by atoms with van der Waals surface area (Å²) >= 11 is 0. The zero-order valence-corrected chi connectivity index (χ0v) is 12.4. The average Bonchev–Trinajstić information content (AvgIpc) is 2.41. The van der Waals surface area contributed by atoms with Gasteiger partial charge in [-0.2, -0.15) is 0 Å². The topological polar surface area (TPSA) is 60.9 Å². The Morgan fingerprint density at radius 2 is 1.95 bits per heavy atom. The largest absolute Gasteiger partial charge is 0.480 e. The summed E-state index contributed by atoms with van der Waals surface area (Å²) in [6.45, 7) is 4.19. The molecule has 1 aromatic carbocycles. The van der Waals surface area contributed by atoms with Crippen LogP contribution < -0.4 is 4.90 Å². The lowest BCUT2D eigenvalue weighted by Gasteiger charge is -2.26. The SMILES string of the molecule is C#CCN(CC(=O)O)CC(=O)N(CC)c1ccccc1C. The summed E-state index contributed by atoms with van der Waals surface area (Å²) in [6, 6.07) is 7.59. The summed E-state index contributed by atoms with van der Waals surface area (Å²) in [7, 11) is 0. The number of carbonyl (C=O) groups is 2. The van der Waals surface area contributed by atoms with Gasteiger partial charge in [0.05, 0.1) is 19.6 Å². The molecule has 5 heteroatoms. The molecule has 1 rings (SSSR count). The van der Waals surface area contributed by atoms with Crippen LogP contribution in [-0.2, 0) is 9.59 Å². The van der Waals surface area contributed by atoms with Gasteiger partial charge in [-0.15, -0.1) is 6.42 Å². The van der Waals surface area contributed by atoms with Crippen LogP contribution in [0.3, 0.4) is 0 Å². The van der Waals surface area contributed by atoms with Crippen LogP contribution in [0.4, 0.5) is 5.69 Å². The smallest absolute Gasteiger partial charge is 0.317 e. The first-order valence-corrected chi connectivity index (χ1v) is 6.73. The van der Waals surface area contributed by atoms with Crippen LogP contribution in [0.1, 0.15) is 12.5 Å². The van der Waals surface area contributed by atoms with Gasteiger partial charge >= 0.3 is 5.97 Å². The molecule has 0 aliphatic carbocycles. The number of aryl methyl sites for hydroxylation is 1. The van der Waals surface area contributed by atoms with Gasteiger partial charge in [0.25, 0.3) is 0 Å². The Morgan fingerprint density at radius 3 is 2.48 bits per heavy atom. The molecule has 0 atom stereocenters. The Hall–Kier alpha value is -2.32. The fourth-order valence-electron chi connectivity index (χ4n) is 2.11. The Balaban J connectivity index is 2.86. The fourth-order valence-corrected chi connectivity index (χ4v) is 2.11. The summed E-state index contributed by atoms with van der Waals surface area (Å²) in [5.41, 5.74) is 1.83. The van der Waals surface area contributed by atoms with Crippen LogP contribution >= 0.6 is 0 Å². The van der Waals surface area contributed by atoms with Crippen molar-refractivity contribution in [2.75, 3.05) is 31.1 Å². The maximum atomic E-state index is 12.4. The van der Waals surface area contributed by atoms with E-state index in [1.807, 2.05) is 38.1 Å². The summed E-state index contributed by atoms with van der Waals surface area (Å²) in [5, 5.41) is 8.85. The number of likely N-dealkylation sites (N-methyl/N-ethyl adjacent to an activating group) is 1. The molecule has 0 heterocycles. The first kappa shape index (κ1) is 16.7. The first-order valence-electron chi connectivity index (χ1n) is 6.73. The standard InChI is InChI=1S/C16H20N2O3/c1-4-10-17(12-16(20)21)11-15(19)18(5-2)14-9-7-6-8-13(14)3/h1,6-9H,5,10-12H2,2-3H3,(H,20,21). The van der Waals surface area contributed by atoms with Gasteiger partial charge in [-0.3, -0.25) is 14.5 Å². The summed E-state index contributed by atoms with van der Waals surface area (Å²) < 4.78 is 0. The monoisotopic (exact) mass is 288 g/mol. The fraction of sp³-hybridized carbons (Fsp3) is 0.375. The molecule has 1 aromatic rings. The molecule has 0 fully saturated rings. The Bertz CT molecular complexity index is 549. The normalized spacial score (nSPS) is 10.2. The van der Waals surface area contributed by atoms with Gasteiger partial charge < -0.3 is 10.0 Å². The molecular formula is C16H20N2O3. The van der Waals surface area contributed by atoms with Crippen LogP contribution in [-0.4, -0.2) is 48.1 Å². The molecule has 0 aliphatic heterocycles. The number of carboxylic acids is 1. The van der Waals surface area contributed by atoms with E-state index in [0.29, 0.717) is 6.54 Å². The number of para-hydroxylation sites is 1. The lowest BCUT2D eigenvalue weighted by atomic mass is 10.2. The van der Waals surface area contributed by atoms with Gasteiger partial charge in [-0.25, -0.2) is 0 Å². The third-order valence-electron chi connectivity index (χ3n) is 3.06. The second-order valence-electron chi connectivity index (χ2n) is 4.67. The maximum absolute atomic E-state index is 12.4. The first-order chi connectivity index (χ1) is 9.99. The highest BCUT2D eigenvalue weighted by atomic mass is 16.4. The van der Waals surface area contributed by atoms with E-state index in [2.05, 4.69) is 5.92 Å². The van der Waals surface area contributed by atoms with Crippen molar-refractivity contribution in [3.05, 3.63) is 29.8 Å². The lowest BCUT2D eigenvalue weighted by molar-refractivity contribution is -0.138. The molecule has 0 radical (unpaired) electrons. The van der Waals surface area contributed by atoms with Gasteiger partial charge in [-0.1, -0.05) is 24.1 Å². The molecular weight excluding hydrogens is 268 g/mol. The van der Waals surface area contributed by atoms with Gasteiger partial charge in [0, 0.05) is 12.2 Å². The second kappa shape index (κ2) is 8.08. The summed E-state index contributed by atoms with van der Waals surface area (Å²) in [5.74, 6) is 1.21. The van der Waals surface area contributed by atoms with Crippen LogP contribution in [0, 0.1) is 19.3 Å². The van der Waals surface area contributed by atoms with E-state index in [1.54, 1.807) is 4.90 Å². The van der Waals surface area contributed by atoms with Gasteiger partial charge in [-0.05, 0) is 25.5 Å². The van der Waals surface area contributed by atoms with Crippen molar-refractivity contribution in [3.63, 3.8) is 0 Å². The van der Waals surface area contributed by atoms with E-state index in [4.69, 9.17) is 11.5 Å². The highest BCUT2D eigenvalue weighted by Crippen LogP contribution is 2.19. The number of hydrogen-bond acceptors (Lipinski definition) is 3. The molecule has 0 unspecified atom stereocenters. The zero-order valence-electron chi connectivity index (χ0n) is 12.4. The van der Waals surface area contributed by atoms with Crippen molar-refractivity contribution in [1.29, 1.82) is 0 Å². The Labute approximate surface area is 125 Å². The number of rotatable bonds is 7. The molecule has 1 amide bonds. The predicted octanol–water partition coefficient (Wildman–Crippen LogP) is 1.37. The van der Waals surface area contributed by atoms with Crippen LogP contribution in [0.15, 0.2) is 24.3 Å². The second-order valence-corrected chi connectivity index (χ2v) is 4.67. The average molecular weight is 288 g/mol. The third-order valence-corrected chi connectivity index (χ3v) is 3.06.